The van der Waals surface area contributed by atoms with Gasteiger partial charge in [0.15, 0.2) is 0 Å². The largest absolute Gasteiger partial charge is 0.460 e. The average Bonchev–Trinajstić information content (AvgIpc) is 2.43. The van der Waals surface area contributed by atoms with Crippen molar-refractivity contribution in [1.29, 1.82) is 0 Å². The van der Waals surface area contributed by atoms with E-state index in [0.29, 0.717) is 13.0 Å². The molecule has 1 saturated heterocycles. The number of carbonyl (C=O) groups is 1. The van der Waals surface area contributed by atoms with Gasteiger partial charge < -0.3 is 9.84 Å². The predicted octanol–water partition coefficient (Wildman–Crippen LogP) is -0.115. The van der Waals surface area contributed by atoms with Gasteiger partial charge in [-0.25, -0.2) is 5.01 Å². The molecule has 0 aromatic rings. The van der Waals surface area contributed by atoms with Crippen LogP contribution >= 0.6 is 0 Å². The van der Waals surface area contributed by atoms with Crippen molar-refractivity contribution in [3.8, 4) is 0 Å². The van der Waals surface area contributed by atoms with Crippen LogP contribution in [-0.2, 0) is 9.53 Å². The molecule has 0 aromatic carbocycles. The van der Waals surface area contributed by atoms with Crippen molar-refractivity contribution < 1.29 is 14.6 Å². The highest BCUT2D eigenvalue weighted by molar-refractivity contribution is 5.73. The monoisotopic (exact) mass is 216 g/mol. The number of nitrogens with two attached hydrogens (primary N) is 1. The van der Waals surface area contributed by atoms with Crippen LogP contribution in [0.4, 0.5) is 0 Å². The van der Waals surface area contributed by atoms with Crippen LogP contribution in [-0.4, -0.2) is 40.9 Å². The highest BCUT2D eigenvalue weighted by Gasteiger charge is 2.36. The van der Waals surface area contributed by atoms with Gasteiger partial charge in [0.1, 0.15) is 5.60 Å². The minimum absolute atomic E-state index is 0.0181. The maximum atomic E-state index is 11.7. The zero-order valence-electron chi connectivity index (χ0n) is 9.56. The number of carbonyl (C=O) groups excluding carboxylic acids is 1. The van der Waals surface area contributed by atoms with E-state index in [0.717, 1.165) is 0 Å². The summed E-state index contributed by atoms with van der Waals surface area (Å²) in [6.45, 7) is 5.95. The molecular weight excluding hydrogens is 196 g/mol. The van der Waals surface area contributed by atoms with Crippen molar-refractivity contribution in [2.24, 2.45) is 11.8 Å². The summed E-state index contributed by atoms with van der Waals surface area (Å²) < 4.78 is 5.26. The molecule has 2 atom stereocenters. The average molecular weight is 216 g/mol. The van der Waals surface area contributed by atoms with Gasteiger partial charge in [-0.05, 0) is 27.2 Å². The molecular formula is C10H20N2O3. The minimum Gasteiger partial charge on any atom is -0.460 e. The second-order valence-electron chi connectivity index (χ2n) is 5.00. The molecule has 1 rings (SSSR count). The lowest BCUT2D eigenvalue weighted by Gasteiger charge is -2.21. The maximum absolute atomic E-state index is 11.7. The van der Waals surface area contributed by atoms with Gasteiger partial charge in [-0.2, -0.15) is 0 Å². The van der Waals surface area contributed by atoms with Crippen LogP contribution in [0.1, 0.15) is 27.2 Å². The third-order valence-corrected chi connectivity index (χ3v) is 2.41. The standard InChI is InChI=1S/C10H20N2O3/c1-10(2,3)15-9(14)7-4-8(6-13)12(11)5-7/h7-8,13H,4-6,11H2,1-3H3/t7-,8-/m1/s1. The molecule has 0 bridgehead atoms. The molecule has 1 heterocycles. The van der Waals surface area contributed by atoms with Crippen LogP contribution in [0.5, 0.6) is 0 Å². The molecule has 0 spiro atoms. The van der Waals surface area contributed by atoms with Crippen molar-refractivity contribution in [3.05, 3.63) is 0 Å². The fourth-order valence-electron chi connectivity index (χ4n) is 1.68. The molecule has 0 aromatic heterocycles. The Morgan fingerprint density at radius 2 is 2.20 bits per heavy atom. The number of nitrogens with zero attached hydrogens (tertiary/aromatic N) is 1. The first kappa shape index (κ1) is 12.4. The summed E-state index contributed by atoms with van der Waals surface area (Å²) in [7, 11) is 0. The Balaban J connectivity index is 2.50. The third-order valence-electron chi connectivity index (χ3n) is 2.41. The number of esters is 1. The van der Waals surface area contributed by atoms with Gasteiger partial charge in [0.2, 0.25) is 0 Å². The van der Waals surface area contributed by atoms with Crippen molar-refractivity contribution in [3.63, 3.8) is 0 Å². The smallest absolute Gasteiger partial charge is 0.310 e. The normalized spacial score (nSPS) is 28.1. The zero-order valence-corrected chi connectivity index (χ0v) is 9.56. The Bertz CT molecular complexity index is 237. The minimum atomic E-state index is -0.464. The summed E-state index contributed by atoms with van der Waals surface area (Å²) >= 11 is 0. The van der Waals surface area contributed by atoms with Gasteiger partial charge in [-0.15, -0.1) is 0 Å². The fraction of sp³-hybridized carbons (Fsp3) is 0.900. The predicted molar refractivity (Wildman–Crippen MR) is 55.7 cm³/mol. The van der Waals surface area contributed by atoms with Gasteiger partial charge in [0, 0.05) is 12.6 Å². The molecule has 1 aliphatic heterocycles. The molecule has 1 aliphatic rings. The number of rotatable bonds is 2. The summed E-state index contributed by atoms with van der Waals surface area (Å²) in [5.74, 6) is 5.20. The number of aliphatic hydroxyl groups excluding tert-OH is 1. The molecule has 0 aliphatic carbocycles. The second-order valence-corrected chi connectivity index (χ2v) is 5.00. The Labute approximate surface area is 90.2 Å². The first-order valence-corrected chi connectivity index (χ1v) is 5.18. The van der Waals surface area contributed by atoms with E-state index in [4.69, 9.17) is 15.7 Å². The summed E-state index contributed by atoms with van der Waals surface area (Å²) in [6.07, 6.45) is 0.571. The molecule has 5 nitrogen and oxygen atoms in total. The van der Waals surface area contributed by atoms with Gasteiger partial charge >= 0.3 is 5.97 Å². The molecule has 88 valence electrons. The Morgan fingerprint density at radius 3 is 2.60 bits per heavy atom. The molecule has 0 saturated carbocycles. The highest BCUT2D eigenvalue weighted by atomic mass is 16.6. The molecule has 0 unspecified atom stereocenters. The lowest BCUT2D eigenvalue weighted by Crippen LogP contribution is -2.38. The van der Waals surface area contributed by atoms with E-state index in [-0.39, 0.29) is 24.5 Å². The molecule has 3 N–H and O–H groups in total. The summed E-state index contributed by atoms with van der Waals surface area (Å²) in [5, 5.41) is 10.5. The van der Waals surface area contributed by atoms with E-state index < -0.39 is 5.60 Å². The fourth-order valence-corrected chi connectivity index (χ4v) is 1.68. The summed E-state index contributed by atoms with van der Waals surface area (Å²) in [4.78, 5) is 11.7. The first-order valence-electron chi connectivity index (χ1n) is 5.18. The number of hydrogen-bond acceptors (Lipinski definition) is 5. The van der Waals surface area contributed by atoms with Crippen LogP contribution in [0.15, 0.2) is 0 Å². The molecule has 0 radical (unpaired) electrons. The Kier molecular flexibility index (Phi) is 3.70. The second kappa shape index (κ2) is 4.47. The van der Waals surface area contributed by atoms with Crippen molar-refractivity contribution in [2.45, 2.75) is 38.8 Å². The maximum Gasteiger partial charge on any atom is 0.310 e. The number of hydrazine groups is 1. The quantitative estimate of drug-likeness (QED) is 0.497. The first-order chi connectivity index (χ1) is 6.83. The van der Waals surface area contributed by atoms with E-state index in [9.17, 15) is 4.79 Å². The molecule has 5 heteroatoms. The van der Waals surface area contributed by atoms with Crippen LogP contribution in [0, 0.1) is 5.92 Å². The van der Waals surface area contributed by atoms with E-state index >= 15 is 0 Å². The highest BCUT2D eigenvalue weighted by Crippen LogP contribution is 2.23. The topological polar surface area (TPSA) is 75.8 Å². The van der Waals surface area contributed by atoms with Crippen LogP contribution in [0.25, 0.3) is 0 Å². The van der Waals surface area contributed by atoms with Crippen molar-refractivity contribution in [1.82, 2.24) is 5.01 Å². The van der Waals surface area contributed by atoms with Gasteiger partial charge in [0.05, 0.1) is 12.5 Å². The SMILES string of the molecule is CC(C)(C)OC(=O)[C@@H]1C[C@H](CO)N(N)C1. The van der Waals surface area contributed by atoms with Crippen LogP contribution < -0.4 is 5.84 Å². The van der Waals surface area contributed by atoms with Gasteiger partial charge in [-0.1, -0.05) is 0 Å². The van der Waals surface area contributed by atoms with Gasteiger partial charge in [0.25, 0.3) is 0 Å². The molecule has 0 amide bonds. The molecule has 15 heavy (non-hydrogen) atoms. The number of ether oxygens (including phenoxy) is 1. The van der Waals surface area contributed by atoms with Crippen molar-refractivity contribution in [2.75, 3.05) is 13.2 Å². The van der Waals surface area contributed by atoms with E-state index in [2.05, 4.69) is 0 Å². The number of aliphatic hydroxyl groups is 1. The van der Waals surface area contributed by atoms with E-state index in [1.54, 1.807) is 0 Å². The van der Waals surface area contributed by atoms with Crippen molar-refractivity contribution >= 4 is 5.97 Å². The van der Waals surface area contributed by atoms with Gasteiger partial charge in [-0.3, -0.25) is 10.6 Å². The van der Waals surface area contributed by atoms with Crippen LogP contribution in [0.2, 0.25) is 0 Å². The third kappa shape index (κ3) is 3.44. The summed E-state index contributed by atoms with van der Waals surface area (Å²) in [5.41, 5.74) is -0.464. The lowest BCUT2D eigenvalue weighted by molar-refractivity contribution is -0.159. The summed E-state index contributed by atoms with van der Waals surface area (Å²) in [6, 6.07) is -0.123. The number of hydrogen-bond donors (Lipinski definition) is 2. The van der Waals surface area contributed by atoms with Crippen LogP contribution in [0.3, 0.4) is 0 Å². The lowest BCUT2D eigenvalue weighted by atomic mass is 10.1. The van der Waals surface area contributed by atoms with E-state index in [1.165, 1.54) is 5.01 Å². The molecule has 1 fully saturated rings. The van der Waals surface area contributed by atoms with E-state index in [1.807, 2.05) is 20.8 Å². The Morgan fingerprint density at radius 1 is 1.60 bits per heavy atom. The Hall–Kier alpha value is -0.650. The zero-order chi connectivity index (χ0) is 11.6.